The van der Waals surface area contributed by atoms with E-state index in [0.717, 1.165) is 11.8 Å². The van der Waals surface area contributed by atoms with Crippen LogP contribution in [-0.4, -0.2) is 25.0 Å². The summed E-state index contributed by atoms with van der Waals surface area (Å²) < 4.78 is 0. The molecule has 7 heteroatoms. The molecule has 0 heterocycles. The van der Waals surface area contributed by atoms with Crippen LogP contribution in [0.15, 0.2) is 0 Å². The van der Waals surface area contributed by atoms with Crippen LogP contribution in [-0.2, 0) is 26.7 Å². The van der Waals surface area contributed by atoms with Crippen LogP contribution in [0.3, 0.4) is 0 Å². The van der Waals surface area contributed by atoms with Crippen molar-refractivity contribution >= 4 is 12.9 Å². The van der Waals surface area contributed by atoms with Gasteiger partial charge in [-0.3, -0.25) is 0 Å². The second-order valence-electron chi connectivity index (χ2n) is 6.80. The van der Waals surface area contributed by atoms with E-state index in [9.17, 15) is 0 Å². The molecular formula is C18H40CuN2O4. The molecule has 6 nitrogen and oxygen atoms in total. The standard InChI is InChI=1S/2C8H19N.2CH2O2.Cu/c2*1-7(2)5-4-6-8(3)9;2*2-1-3;/h2*7-8H,4-6,9H2,1-3H3;2*1H,(H,2,3);/q;;;;+2/p-2. The van der Waals surface area contributed by atoms with Gasteiger partial charge in [-0.1, -0.05) is 53.4 Å². The van der Waals surface area contributed by atoms with Crippen molar-refractivity contribution in [1.82, 2.24) is 0 Å². The van der Waals surface area contributed by atoms with Crippen molar-refractivity contribution in [1.29, 1.82) is 0 Å². The molecule has 0 aromatic carbocycles. The summed E-state index contributed by atoms with van der Waals surface area (Å²) in [6, 6.07) is 0.785. The summed E-state index contributed by atoms with van der Waals surface area (Å²) in [5, 5.41) is 16.5. The normalized spacial score (nSPS) is 11.3. The molecule has 2 atom stereocenters. The van der Waals surface area contributed by atoms with E-state index in [1.807, 2.05) is 0 Å². The van der Waals surface area contributed by atoms with Gasteiger partial charge in [-0.25, -0.2) is 0 Å². The van der Waals surface area contributed by atoms with E-state index in [2.05, 4.69) is 41.5 Å². The van der Waals surface area contributed by atoms with Gasteiger partial charge in [0.25, 0.3) is 0 Å². The zero-order valence-electron chi connectivity index (χ0n) is 16.8. The molecule has 0 aromatic heterocycles. The molecule has 2 unspecified atom stereocenters. The van der Waals surface area contributed by atoms with Crippen LogP contribution in [0.1, 0.15) is 80.1 Å². The monoisotopic (exact) mass is 411 g/mol. The molecule has 0 aliphatic carbocycles. The Hall–Kier alpha value is -0.621. The Morgan fingerprint density at radius 2 is 0.880 bits per heavy atom. The second-order valence-corrected chi connectivity index (χ2v) is 6.80. The van der Waals surface area contributed by atoms with E-state index < -0.39 is 12.9 Å². The average molecular weight is 412 g/mol. The van der Waals surface area contributed by atoms with E-state index in [0.29, 0.717) is 12.1 Å². The minimum atomic E-state index is -0.500. The molecule has 1 radical (unpaired) electrons. The Kier molecular flexibility index (Phi) is 44.3. The van der Waals surface area contributed by atoms with E-state index in [-0.39, 0.29) is 17.1 Å². The Morgan fingerprint density at radius 3 is 1.00 bits per heavy atom. The van der Waals surface area contributed by atoms with Gasteiger partial charge in [0.2, 0.25) is 0 Å². The molecule has 0 saturated carbocycles. The molecule has 0 saturated heterocycles. The maximum absolute atomic E-state index is 8.25. The Morgan fingerprint density at radius 1 is 0.680 bits per heavy atom. The van der Waals surface area contributed by atoms with Crippen LogP contribution in [0, 0.1) is 11.8 Å². The molecule has 0 amide bonds. The van der Waals surface area contributed by atoms with Crippen molar-refractivity contribution in [3.05, 3.63) is 0 Å². The maximum atomic E-state index is 8.25. The van der Waals surface area contributed by atoms with Crippen LogP contribution in [0.4, 0.5) is 0 Å². The third-order valence-electron chi connectivity index (χ3n) is 2.88. The minimum absolute atomic E-state index is 0. The molecule has 0 fully saturated rings. The first-order chi connectivity index (χ1) is 11.1. The van der Waals surface area contributed by atoms with Gasteiger partial charge in [-0.05, 0) is 38.5 Å². The molecule has 0 rings (SSSR count). The van der Waals surface area contributed by atoms with Crippen molar-refractivity contribution in [3.8, 4) is 0 Å². The molecule has 0 aromatic rings. The molecule has 0 aliphatic heterocycles. The van der Waals surface area contributed by atoms with Gasteiger partial charge in [0.05, 0.1) is 0 Å². The van der Waals surface area contributed by atoms with Crippen LogP contribution in [0.2, 0.25) is 0 Å². The van der Waals surface area contributed by atoms with E-state index >= 15 is 0 Å². The van der Waals surface area contributed by atoms with Gasteiger partial charge < -0.3 is 31.3 Å². The second kappa shape index (κ2) is 31.2. The zero-order chi connectivity index (χ0) is 20.0. The SMILES string of the molecule is CC(C)CCCC(C)N.CC(C)CCCC(C)N.O=C[O-].O=C[O-].[Cu+2]. The van der Waals surface area contributed by atoms with Gasteiger partial charge in [0, 0.05) is 25.0 Å². The van der Waals surface area contributed by atoms with Gasteiger partial charge in [0.1, 0.15) is 0 Å². The summed E-state index contributed by atoms with van der Waals surface area (Å²) in [5.41, 5.74) is 11.2. The van der Waals surface area contributed by atoms with Crippen molar-refractivity contribution in [2.75, 3.05) is 0 Å². The van der Waals surface area contributed by atoms with Gasteiger partial charge in [0.15, 0.2) is 0 Å². The third kappa shape index (κ3) is 82.5. The van der Waals surface area contributed by atoms with Gasteiger partial charge in [-0.2, -0.15) is 0 Å². The molecular weight excluding hydrogens is 372 g/mol. The quantitative estimate of drug-likeness (QED) is 0.453. The fourth-order valence-corrected chi connectivity index (χ4v) is 1.70. The van der Waals surface area contributed by atoms with E-state index in [1.54, 1.807) is 0 Å². The summed E-state index contributed by atoms with van der Waals surface area (Å²) in [6.45, 7) is 12.1. The molecule has 0 spiro atoms. The summed E-state index contributed by atoms with van der Waals surface area (Å²) >= 11 is 0. The van der Waals surface area contributed by atoms with Crippen molar-refractivity contribution < 1.29 is 36.9 Å². The largest absolute Gasteiger partial charge is 2.00 e. The number of nitrogens with two attached hydrogens (primary N) is 2. The van der Waals surface area contributed by atoms with E-state index in [4.69, 9.17) is 31.3 Å². The molecule has 25 heavy (non-hydrogen) atoms. The molecule has 0 bridgehead atoms. The van der Waals surface area contributed by atoms with E-state index in [1.165, 1.54) is 38.5 Å². The molecule has 157 valence electrons. The number of rotatable bonds is 8. The van der Waals surface area contributed by atoms with Crippen LogP contribution in [0.25, 0.3) is 0 Å². The smallest absolute Gasteiger partial charge is 0.554 e. The van der Waals surface area contributed by atoms with Crippen molar-refractivity contribution in [3.63, 3.8) is 0 Å². The van der Waals surface area contributed by atoms with Gasteiger partial charge in [-0.15, -0.1) is 0 Å². The number of hydrogen-bond acceptors (Lipinski definition) is 6. The fourth-order valence-electron chi connectivity index (χ4n) is 1.70. The first-order valence-electron chi connectivity index (χ1n) is 8.71. The number of carbonyl (C=O) groups excluding carboxylic acids is 2. The summed E-state index contributed by atoms with van der Waals surface area (Å²) in [5.74, 6) is 1.67. The number of carbonyl (C=O) groups is 2. The average Bonchev–Trinajstić information content (AvgIpc) is 2.39. The summed E-state index contributed by atoms with van der Waals surface area (Å²) in [4.78, 5) is 16.5. The fraction of sp³-hybridized carbons (Fsp3) is 0.889. The Bertz CT molecular complexity index is 199. The van der Waals surface area contributed by atoms with Crippen LogP contribution in [0.5, 0.6) is 0 Å². The minimum Gasteiger partial charge on any atom is -0.554 e. The van der Waals surface area contributed by atoms with Crippen molar-refractivity contribution in [2.24, 2.45) is 23.3 Å². The molecule has 4 N–H and O–H groups in total. The summed E-state index contributed by atoms with van der Waals surface area (Å²) in [6.07, 6.45) is 7.57. The summed E-state index contributed by atoms with van der Waals surface area (Å²) in [7, 11) is 0. The molecule has 0 aliphatic rings. The van der Waals surface area contributed by atoms with Gasteiger partial charge >= 0.3 is 17.1 Å². The van der Waals surface area contributed by atoms with Crippen molar-refractivity contribution in [2.45, 2.75) is 92.2 Å². The third-order valence-corrected chi connectivity index (χ3v) is 2.88. The Balaban J connectivity index is -0.0000000788. The first-order valence-corrected chi connectivity index (χ1v) is 8.71. The van der Waals surface area contributed by atoms with Crippen LogP contribution >= 0.6 is 0 Å². The maximum Gasteiger partial charge on any atom is 2.00 e. The predicted octanol–water partition coefficient (Wildman–Crippen LogP) is 1.05. The van der Waals surface area contributed by atoms with Crippen LogP contribution < -0.4 is 21.7 Å². The first kappa shape index (κ1) is 35.5. The topological polar surface area (TPSA) is 132 Å². The predicted molar refractivity (Wildman–Crippen MR) is 96.8 cm³/mol. The zero-order valence-corrected chi connectivity index (χ0v) is 17.7. The number of hydrogen-bond donors (Lipinski definition) is 2. The number of carboxylic acid groups (broad SMARTS) is 2. The Labute approximate surface area is 165 Å².